The van der Waals surface area contributed by atoms with E-state index in [1.165, 1.54) is 17.2 Å². The van der Waals surface area contributed by atoms with Gasteiger partial charge in [0.15, 0.2) is 5.78 Å². The highest BCUT2D eigenvalue weighted by Crippen LogP contribution is 2.32. The highest BCUT2D eigenvalue weighted by Gasteiger charge is 2.36. The summed E-state index contributed by atoms with van der Waals surface area (Å²) in [4.78, 5) is 27.2. The first-order valence-electron chi connectivity index (χ1n) is 8.59. The second-order valence-corrected chi connectivity index (χ2v) is 6.63. The van der Waals surface area contributed by atoms with Crippen molar-refractivity contribution in [3.8, 4) is 0 Å². The fraction of sp³-hybridized carbons (Fsp3) is 0.238. The molecule has 4 heteroatoms. The maximum absolute atomic E-state index is 12.8. The predicted molar refractivity (Wildman–Crippen MR) is 96.2 cm³/mol. The summed E-state index contributed by atoms with van der Waals surface area (Å²) in [5, 5.41) is 3.17. The molecule has 2 aromatic rings. The van der Waals surface area contributed by atoms with Crippen LogP contribution in [0.25, 0.3) is 0 Å². The molecular weight excluding hydrogens is 312 g/mol. The molecule has 2 aliphatic heterocycles. The Labute approximate surface area is 147 Å². The highest BCUT2D eigenvalue weighted by molar-refractivity contribution is 6.09. The molecule has 0 spiro atoms. The van der Waals surface area contributed by atoms with Crippen molar-refractivity contribution in [3.63, 3.8) is 0 Å². The van der Waals surface area contributed by atoms with E-state index in [4.69, 9.17) is 0 Å². The number of ketones is 1. The van der Waals surface area contributed by atoms with Gasteiger partial charge in [-0.2, -0.15) is 0 Å². The molecule has 2 heterocycles. The molecule has 0 bridgehead atoms. The SMILES string of the molecule is Cc1ccc(C(=O)/C=C2/NCC3c4ccccc4CCN3C2=O)cc1. The van der Waals surface area contributed by atoms with Crippen LogP contribution in [-0.4, -0.2) is 29.7 Å². The molecule has 1 atom stereocenters. The summed E-state index contributed by atoms with van der Waals surface area (Å²) in [7, 11) is 0. The molecule has 0 radical (unpaired) electrons. The zero-order chi connectivity index (χ0) is 17.4. The second kappa shape index (κ2) is 6.20. The molecule has 2 aliphatic rings. The molecule has 1 fully saturated rings. The van der Waals surface area contributed by atoms with Crippen molar-refractivity contribution in [2.75, 3.05) is 13.1 Å². The first-order valence-corrected chi connectivity index (χ1v) is 8.59. The largest absolute Gasteiger partial charge is 0.378 e. The first-order chi connectivity index (χ1) is 12.1. The number of rotatable bonds is 2. The van der Waals surface area contributed by atoms with Gasteiger partial charge in [0.25, 0.3) is 5.91 Å². The van der Waals surface area contributed by atoms with Crippen LogP contribution in [0.5, 0.6) is 0 Å². The van der Waals surface area contributed by atoms with Crippen molar-refractivity contribution < 1.29 is 9.59 Å². The predicted octanol–water partition coefficient (Wildman–Crippen LogP) is 2.79. The molecule has 25 heavy (non-hydrogen) atoms. The monoisotopic (exact) mass is 332 g/mol. The fourth-order valence-electron chi connectivity index (χ4n) is 3.60. The lowest BCUT2D eigenvalue weighted by Gasteiger charge is -2.41. The van der Waals surface area contributed by atoms with Crippen molar-refractivity contribution in [1.29, 1.82) is 0 Å². The molecule has 1 amide bonds. The molecule has 0 aliphatic carbocycles. The third-order valence-corrected chi connectivity index (χ3v) is 5.00. The van der Waals surface area contributed by atoms with E-state index in [2.05, 4.69) is 17.4 Å². The Morgan fingerprint density at radius 1 is 1.16 bits per heavy atom. The van der Waals surface area contributed by atoms with Crippen LogP contribution in [-0.2, 0) is 11.2 Å². The topological polar surface area (TPSA) is 49.4 Å². The number of piperazine rings is 1. The third-order valence-electron chi connectivity index (χ3n) is 5.00. The lowest BCUT2D eigenvalue weighted by molar-refractivity contribution is -0.132. The lowest BCUT2D eigenvalue weighted by Crippen LogP contribution is -2.51. The van der Waals surface area contributed by atoms with Crippen molar-refractivity contribution in [2.45, 2.75) is 19.4 Å². The molecular formula is C21H20N2O2. The quantitative estimate of drug-likeness (QED) is 0.680. The molecule has 0 saturated carbocycles. The van der Waals surface area contributed by atoms with E-state index in [9.17, 15) is 9.59 Å². The van der Waals surface area contributed by atoms with Gasteiger partial charge in [0.05, 0.1) is 6.04 Å². The Kier molecular flexibility index (Phi) is 3.88. The van der Waals surface area contributed by atoms with Crippen LogP contribution in [0.2, 0.25) is 0 Å². The van der Waals surface area contributed by atoms with Gasteiger partial charge in [0.1, 0.15) is 5.70 Å². The van der Waals surface area contributed by atoms with E-state index in [-0.39, 0.29) is 17.7 Å². The van der Waals surface area contributed by atoms with Gasteiger partial charge in [-0.1, -0.05) is 54.1 Å². The summed E-state index contributed by atoms with van der Waals surface area (Å²) >= 11 is 0. The molecule has 1 N–H and O–H groups in total. The normalized spacial score (nSPS) is 20.7. The maximum atomic E-state index is 12.8. The summed E-state index contributed by atoms with van der Waals surface area (Å²) in [5.74, 6) is -0.238. The van der Waals surface area contributed by atoms with Crippen molar-refractivity contribution in [2.24, 2.45) is 0 Å². The minimum absolute atomic E-state index is 0.0454. The van der Waals surface area contributed by atoms with Gasteiger partial charge in [-0.15, -0.1) is 0 Å². The number of allylic oxidation sites excluding steroid dienone is 1. The molecule has 4 nitrogen and oxygen atoms in total. The number of nitrogens with zero attached hydrogens (tertiary/aromatic N) is 1. The zero-order valence-corrected chi connectivity index (χ0v) is 14.2. The Morgan fingerprint density at radius 2 is 1.92 bits per heavy atom. The van der Waals surface area contributed by atoms with E-state index in [0.29, 0.717) is 24.4 Å². The Bertz CT molecular complexity index is 868. The number of benzene rings is 2. The number of carbonyl (C=O) groups is 2. The molecule has 1 unspecified atom stereocenters. The zero-order valence-electron chi connectivity index (χ0n) is 14.2. The van der Waals surface area contributed by atoms with Gasteiger partial charge in [-0.05, 0) is 24.5 Å². The number of fused-ring (bicyclic) bond motifs is 3. The summed E-state index contributed by atoms with van der Waals surface area (Å²) in [6.07, 6.45) is 2.29. The van der Waals surface area contributed by atoms with Crippen LogP contribution in [0.1, 0.15) is 33.1 Å². The Hall–Kier alpha value is -2.88. The van der Waals surface area contributed by atoms with Crippen molar-refractivity contribution in [1.82, 2.24) is 10.2 Å². The maximum Gasteiger partial charge on any atom is 0.270 e. The van der Waals surface area contributed by atoms with E-state index in [0.717, 1.165) is 12.0 Å². The second-order valence-electron chi connectivity index (χ2n) is 6.63. The number of carbonyl (C=O) groups excluding carboxylic acids is 2. The van der Waals surface area contributed by atoms with E-state index in [1.807, 2.05) is 36.1 Å². The van der Waals surface area contributed by atoms with Gasteiger partial charge < -0.3 is 10.2 Å². The minimum atomic E-state index is -0.147. The fourth-order valence-corrected chi connectivity index (χ4v) is 3.60. The van der Waals surface area contributed by atoms with Crippen molar-refractivity contribution in [3.05, 3.63) is 82.6 Å². The molecule has 2 aromatic carbocycles. The van der Waals surface area contributed by atoms with Crippen LogP contribution in [0.4, 0.5) is 0 Å². The number of hydrogen-bond donors (Lipinski definition) is 1. The van der Waals surface area contributed by atoms with E-state index in [1.54, 1.807) is 12.1 Å². The third kappa shape index (κ3) is 2.84. The van der Waals surface area contributed by atoms with Gasteiger partial charge in [-0.25, -0.2) is 0 Å². The molecule has 4 rings (SSSR count). The average molecular weight is 332 g/mol. The number of hydrogen-bond acceptors (Lipinski definition) is 3. The van der Waals surface area contributed by atoms with Crippen molar-refractivity contribution >= 4 is 11.7 Å². The van der Waals surface area contributed by atoms with Crippen LogP contribution < -0.4 is 5.32 Å². The molecule has 1 saturated heterocycles. The van der Waals surface area contributed by atoms with Gasteiger partial charge in [0, 0.05) is 24.7 Å². The summed E-state index contributed by atoms with van der Waals surface area (Å²) in [6, 6.07) is 15.7. The number of amides is 1. The van der Waals surface area contributed by atoms with Crippen LogP contribution in [0.15, 0.2) is 60.3 Å². The first kappa shape index (κ1) is 15.6. The van der Waals surface area contributed by atoms with Crippen LogP contribution >= 0.6 is 0 Å². The molecule has 0 aromatic heterocycles. The van der Waals surface area contributed by atoms with Gasteiger partial charge >= 0.3 is 0 Å². The van der Waals surface area contributed by atoms with Gasteiger partial charge in [0.2, 0.25) is 0 Å². The van der Waals surface area contributed by atoms with E-state index >= 15 is 0 Å². The number of aryl methyl sites for hydroxylation is 1. The summed E-state index contributed by atoms with van der Waals surface area (Å²) in [6.45, 7) is 3.31. The molecule has 126 valence electrons. The highest BCUT2D eigenvalue weighted by atomic mass is 16.2. The Morgan fingerprint density at radius 3 is 2.72 bits per heavy atom. The van der Waals surface area contributed by atoms with Crippen LogP contribution in [0, 0.1) is 6.92 Å². The van der Waals surface area contributed by atoms with Crippen LogP contribution in [0.3, 0.4) is 0 Å². The summed E-state index contributed by atoms with van der Waals surface area (Å²) in [5.41, 5.74) is 4.60. The number of nitrogens with one attached hydrogen (secondary N) is 1. The lowest BCUT2D eigenvalue weighted by atomic mass is 9.90. The van der Waals surface area contributed by atoms with Gasteiger partial charge in [-0.3, -0.25) is 9.59 Å². The Balaban J connectivity index is 1.58. The summed E-state index contributed by atoms with van der Waals surface area (Å²) < 4.78 is 0. The van der Waals surface area contributed by atoms with E-state index < -0.39 is 0 Å². The minimum Gasteiger partial charge on any atom is -0.378 e. The smallest absolute Gasteiger partial charge is 0.270 e. The standard InChI is InChI=1S/C21H20N2O2/c1-14-6-8-16(9-7-14)20(24)12-18-21(25)23-11-10-15-4-2-3-5-17(15)19(23)13-22-18/h2-9,12,19,22H,10-11,13H2,1H3/b18-12+. The average Bonchev–Trinajstić information content (AvgIpc) is 2.64.